The lowest BCUT2D eigenvalue weighted by atomic mass is 9.85. The van der Waals surface area contributed by atoms with Gasteiger partial charge in [0.1, 0.15) is 6.04 Å². The second-order valence-corrected chi connectivity index (χ2v) is 6.06. The summed E-state index contributed by atoms with van der Waals surface area (Å²) >= 11 is 0. The van der Waals surface area contributed by atoms with Crippen molar-refractivity contribution in [2.24, 2.45) is 0 Å². The van der Waals surface area contributed by atoms with Crippen molar-refractivity contribution in [2.75, 3.05) is 11.9 Å². The molecule has 0 unspecified atom stereocenters. The van der Waals surface area contributed by atoms with Crippen molar-refractivity contribution in [3.05, 3.63) is 29.8 Å². The molecule has 108 valence electrons. The molecule has 1 atom stereocenters. The summed E-state index contributed by atoms with van der Waals surface area (Å²) in [6.45, 7) is 0.375. The van der Waals surface area contributed by atoms with Gasteiger partial charge < -0.3 is 15.7 Å². The van der Waals surface area contributed by atoms with Gasteiger partial charge in [-0.2, -0.15) is 0 Å². The van der Waals surface area contributed by atoms with Gasteiger partial charge in [-0.15, -0.1) is 0 Å². The van der Waals surface area contributed by atoms with Crippen LogP contribution in [0.1, 0.15) is 37.7 Å². The van der Waals surface area contributed by atoms with Gasteiger partial charge >= 0.3 is 0 Å². The number of hydrogen-bond acceptors (Lipinski definition) is 3. The summed E-state index contributed by atoms with van der Waals surface area (Å²) in [5.41, 5.74) is 1.53. The van der Waals surface area contributed by atoms with Crippen LogP contribution in [-0.2, 0) is 11.2 Å². The SMILES string of the molecule is O=C(NCC1(O)CCCCC1)[C@@H]1Cc2ccccc2N1. The highest BCUT2D eigenvalue weighted by Gasteiger charge is 2.32. The third-order valence-corrected chi connectivity index (χ3v) is 4.46. The molecule has 0 spiro atoms. The first-order valence-corrected chi connectivity index (χ1v) is 7.51. The van der Waals surface area contributed by atoms with E-state index in [-0.39, 0.29) is 11.9 Å². The van der Waals surface area contributed by atoms with Crippen LogP contribution in [0.5, 0.6) is 0 Å². The monoisotopic (exact) mass is 274 g/mol. The van der Waals surface area contributed by atoms with Crippen LogP contribution in [0.15, 0.2) is 24.3 Å². The lowest BCUT2D eigenvalue weighted by Crippen LogP contribution is -2.48. The number of hydrogen-bond donors (Lipinski definition) is 3. The normalized spacial score (nSPS) is 23.8. The van der Waals surface area contributed by atoms with Crippen molar-refractivity contribution >= 4 is 11.6 Å². The van der Waals surface area contributed by atoms with Gasteiger partial charge in [0.25, 0.3) is 0 Å². The summed E-state index contributed by atoms with van der Waals surface area (Å²) in [4.78, 5) is 12.2. The molecule has 1 aromatic carbocycles. The second-order valence-electron chi connectivity index (χ2n) is 6.06. The Morgan fingerprint density at radius 1 is 1.30 bits per heavy atom. The van der Waals surface area contributed by atoms with Crippen LogP contribution >= 0.6 is 0 Å². The molecule has 0 bridgehead atoms. The smallest absolute Gasteiger partial charge is 0.242 e. The Morgan fingerprint density at radius 2 is 2.05 bits per heavy atom. The lowest BCUT2D eigenvalue weighted by molar-refractivity contribution is -0.123. The van der Waals surface area contributed by atoms with Crippen LogP contribution < -0.4 is 10.6 Å². The summed E-state index contributed by atoms with van der Waals surface area (Å²) in [7, 11) is 0. The number of nitrogens with one attached hydrogen (secondary N) is 2. The number of carbonyl (C=O) groups excluding carboxylic acids is 1. The molecule has 0 radical (unpaired) electrons. The number of aliphatic hydroxyl groups is 1. The molecular formula is C16H22N2O2. The van der Waals surface area contributed by atoms with Crippen molar-refractivity contribution in [1.82, 2.24) is 5.32 Å². The third kappa shape index (κ3) is 2.80. The average Bonchev–Trinajstić information content (AvgIpc) is 2.89. The molecule has 1 fully saturated rings. The quantitative estimate of drug-likeness (QED) is 0.788. The van der Waals surface area contributed by atoms with Gasteiger partial charge in [0.15, 0.2) is 0 Å². The minimum Gasteiger partial charge on any atom is -0.388 e. The van der Waals surface area contributed by atoms with Gasteiger partial charge in [0, 0.05) is 18.7 Å². The van der Waals surface area contributed by atoms with Crippen molar-refractivity contribution < 1.29 is 9.90 Å². The van der Waals surface area contributed by atoms with E-state index in [1.807, 2.05) is 24.3 Å². The number of fused-ring (bicyclic) bond motifs is 1. The van der Waals surface area contributed by atoms with E-state index >= 15 is 0 Å². The molecule has 0 aromatic heterocycles. The maximum Gasteiger partial charge on any atom is 0.242 e. The topological polar surface area (TPSA) is 61.4 Å². The van der Waals surface area contributed by atoms with Gasteiger partial charge in [-0.25, -0.2) is 0 Å². The van der Waals surface area contributed by atoms with E-state index in [0.717, 1.165) is 37.8 Å². The highest BCUT2D eigenvalue weighted by atomic mass is 16.3. The second kappa shape index (κ2) is 5.44. The number of para-hydroxylation sites is 1. The van der Waals surface area contributed by atoms with Crippen molar-refractivity contribution in [2.45, 2.75) is 50.2 Å². The fourth-order valence-corrected chi connectivity index (χ4v) is 3.22. The number of carbonyl (C=O) groups is 1. The van der Waals surface area contributed by atoms with E-state index in [1.54, 1.807) is 0 Å². The molecule has 1 amide bonds. The van der Waals surface area contributed by atoms with Crippen LogP contribution in [-0.4, -0.2) is 29.2 Å². The van der Waals surface area contributed by atoms with Gasteiger partial charge in [-0.3, -0.25) is 4.79 Å². The number of amides is 1. The molecule has 3 rings (SSSR count). The molecule has 4 nitrogen and oxygen atoms in total. The zero-order valence-electron chi connectivity index (χ0n) is 11.7. The van der Waals surface area contributed by atoms with Crippen LogP contribution in [0.3, 0.4) is 0 Å². The first kappa shape index (κ1) is 13.4. The minimum atomic E-state index is -0.695. The van der Waals surface area contributed by atoms with Crippen LogP contribution in [0.2, 0.25) is 0 Å². The Labute approximate surface area is 119 Å². The molecular weight excluding hydrogens is 252 g/mol. The molecule has 1 heterocycles. The molecule has 1 aromatic rings. The maximum atomic E-state index is 12.2. The predicted molar refractivity (Wildman–Crippen MR) is 78.6 cm³/mol. The average molecular weight is 274 g/mol. The molecule has 1 aliphatic heterocycles. The standard InChI is InChI=1S/C16H22N2O2/c19-15(17-11-16(20)8-4-1-5-9-16)14-10-12-6-2-3-7-13(12)18-14/h2-3,6-7,14,18,20H,1,4-5,8-11H2,(H,17,19)/t14-/m0/s1. The van der Waals surface area contributed by atoms with Gasteiger partial charge in [0.2, 0.25) is 5.91 Å². The lowest BCUT2D eigenvalue weighted by Gasteiger charge is -2.32. The summed E-state index contributed by atoms with van der Waals surface area (Å²) in [5, 5.41) is 16.6. The van der Waals surface area contributed by atoms with Crippen LogP contribution in [0.4, 0.5) is 5.69 Å². The first-order valence-electron chi connectivity index (χ1n) is 7.51. The Balaban J connectivity index is 1.53. The van der Waals surface area contributed by atoms with Crippen molar-refractivity contribution in [3.63, 3.8) is 0 Å². The number of rotatable bonds is 3. The Morgan fingerprint density at radius 3 is 2.80 bits per heavy atom. The molecule has 2 aliphatic rings. The minimum absolute atomic E-state index is 0.0137. The van der Waals surface area contributed by atoms with E-state index in [1.165, 1.54) is 12.0 Å². The third-order valence-electron chi connectivity index (χ3n) is 4.46. The molecule has 3 N–H and O–H groups in total. The van der Waals surface area contributed by atoms with Crippen LogP contribution in [0.25, 0.3) is 0 Å². The fourth-order valence-electron chi connectivity index (χ4n) is 3.22. The van der Waals surface area contributed by atoms with E-state index in [0.29, 0.717) is 6.54 Å². The summed E-state index contributed by atoms with van der Waals surface area (Å²) in [6, 6.07) is 7.80. The molecule has 20 heavy (non-hydrogen) atoms. The zero-order chi connectivity index (χ0) is 14.0. The van der Waals surface area contributed by atoms with E-state index in [9.17, 15) is 9.90 Å². The number of anilines is 1. The van der Waals surface area contributed by atoms with E-state index < -0.39 is 5.60 Å². The fraction of sp³-hybridized carbons (Fsp3) is 0.562. The molecule has 1 saturated carbocycles. The van der Waals surface area contributed by atoms with Crippen molar-refractivity contribution in [1.29, 1.82) is 0 Å². The molecule has 4 heteroatoms. The summed E-state index contributed by atoms with van der Waals surface area (Å²) in [6.07, 6.45) is 5.62. The summed E-state index contributed by atoms with van der Waals surface area (Å²) < 4.78 is 0. The Hall–Kier alpha value is -1.55. The maximum absolute atomic E-state index is 12.2. The predicted octanol–water partition coefficient (Wildman–Crippen LogP) is 1.83. The van der Waals surface area contributed by atoms with Gasteiger partial charge in [-0.05, 0) is 24.5 Å². The van der Waals surface area contributed by atoms with Gasteiger partial charge in [-0.1, -0.05) is 37.5 Å². The van der Waals surface area contributed by atoms with Crippen molar-refractivity contribution in [3.8, 4) is 0 Å². The highest BCUT2D eigenvalue weighted by molar-refractivity contribution is 5.87. The first-order chi connectivity index (χ1) is 9.66. The van der Waals surface area contributed by atoms with Gasteiger partial charge in [0.05, 0.1) is 5.60 Å². The van der Waals surface area contributed by atoms with E-state index in [4.69, 9.17) is 0 Å². The molecule has 0 saturated heterocycles. The van der Waals surface area contributed by atoms with Crippen LogP contribution in [0, 0.1) is 0 Å². The zero-order valence-corrected chi connectivity index (χ0v) is 11.7. The number of benzene rings is 1. The highest BCUT2D eigenvalue weighted by Crippen LogP contribution is 2.28. The summed E-state index contributed by atoms with van der Waals surface area (Å²) in [5.74, 6) is -0.0137. The Kier molecular flexibility index (Phi) is 3.66. The Bertz CT molecular complexity index is 470. The van der Waals surface area contributed by atoms with E-state index in [2.05, 4.69) is 10.6 Å². The molecule has 1 aliphatic carbocycles. The largest absolute Gasteiger partial charge is 0.388 e.